The summed E-state index contributed by atoms with van der Waals surface area (Å²) in [5.74, 6) is 0. The van der Waals surface area contributed by atoms with Gasteiger partial charge in [-0.1, -0.05) is 42.6 Å². The molecule has 1 aromatic heterocycles. The molecule has 1 heterocycles. The van der Waals surface area contributed by atoms with Crippen molar-refractivity contribution in [1.29, 1.82) is 0 Å². The number of nitrogens with one attached hydrogen (secondary N) is 1. The topological polar surface area (TPSA) is 34.0 Å². The molecule has 0 spiro atoms. The van der Waals surface area contributed by atoms with Gasteiger partial charge in [0.05, 0.1) is 12.2 Å². The van der Waals surface area contributed by atoms with Crippen molar-refractivity contribution in [2.45, 2.75) is 37.9 Å². The van der Waals surface area contributed by atoms with Crippen LogP contribution in [0.1, 0.15) is 31.2 Å². The molecule has 1 aliphatic rings. The predicted molar refractivity (Wildman–Crippen MR) is 111 cm³/mol. The lowest BCUT2D eigenvalue weighted by Crippen LogP contribution is -2.41. The van der Waals surface area contributed by atoms with Gasteiger partial charge in [0.25, 0.3) is 0 Å². The van der Waals surface area contributed by atoms with Crippen LogP contribution in [-0.2, 0) is 12.2 Å². The fourth-order valence-corrected chi connectivity index (χ4v) is 4.73. The van der Waals surface area contributed by atoms with Crippen molar-refractivity contribution in [3.8, 4) is 0 Å². The molecule has 26 heavy (non-hydrogen) atoms. The van der Waals surface area contributed by atoms with E-state index in [-0.39, 0.29) is 11.0 Å². The van der Waals surface area contributed by atoms with Crippen molar-refractivity contribution < 1.29 is 0 Å². The molecule has 3 nitrogen and oxygen atoms in total. The Bertz CT molecular complexity index is 991. The fourth-order valence-electron chi connectivity index (χ4n) is 4.01. The van der Waals surface area contributed by atoms with Gasteiger partial charge < -0.3 is 4.57 Å². The summed E-state index contributed by atoms with van der Waals surface area (Å²) < 4.78 is 3.04. The molecule has 1 fully saturated rings. The Morgan fingerprint density at radius 2 is 1.81 bits per heavy atom. The average Bonchev–Trinajstić information content (AvgIpc) is 3.12. The highest BCUT2D eigenvalue weighted by Crippen LogP contribution is 2.39. The van der Waals surface area contributed by atoms with Gasteiger partial charge >= 0.3 is 0 Å². The number of aromatic nitrogens is 1. The highest BCUT2D eigenvalue weighted by Gasteiger charge is 2.35. The van der Waals surface area contributed by atoms with E-state index in [1.54, 1.807) is 6.07 Å². The Kier molecular flexibility index (Phi) is 4.91. The summed E-state index contributed by atoms with van der Waals surface area (Å²) in [4.78, 5) is 12.2. The van der Waals surface area contributed by atoms with Crippen molar-refractivity contribution in [2.24, 2.45) is 0 Å². The molecule has 3 aromatic rings. The van der Waals surface area contributed by atoms with Crippen LogP contribution in [0.3, 0.4) is 0 Å². The lowest BCUT2D eigenvalue weighted by atomic mass is 9.88. The van der Waals surface area contributed by atoms with E-state index in [0.29, 0.717) is 6.67 Å². The number of hydrogen-bond donors (Lipinski definition) is 1. The van der Waals surface area contributed by atoms with E-state index in [0.717, 1.165) is 33.2 Å². The van der Waals surface area contributed by atoms with Crippen LogP contribution in [0.25, 0.3) is 10.9 Å². The number of para-hydroxylation sites is 1. The van der Waals surface area contributed by atoms with Gasteiger partial charge in [-0.2, -0.15) is 0 Å². The van der Waals surface area contributed by atoms with Gasteiger partial charge in [-0.05, 0) is 58.6 Å². The summed E-state index contributed by atoms with van der Waals surface area (Å²) in [6.07, 6.45) is 6.50. The lowest BCUT2D eigenvalue weighted by molar-refractivity contribution is 0.310. The molecule has 5 heteroatoms. The van der Waals surface area contributed by atoms with Crippen molar-refractivity contribution in [3.05, 3.63) is 80.0 Å². The van der Waals surface area contributed by atoms with Gasteiger partial charge in [0.1, 0.15) is 0 Å². The third-order valence-electron chi connectivity index (χ3n) is 5.39. The Labute approximate surface area is 166 Å². The third-order valence-corrected chi connectivity index (χ3v) is 6.28. The summed E-state index contributed by atoms with van der Waals surface area (Å²) in [6.45, 7) is 0.641. The Hall–Kier alpha value is -1.62. The first-order valence-corrected chi connectivity index (χ1v) is 10.0. The number of halogens is 2. The molecule has 4 rings (SSSR count). The fraction of sp³-hybridized carbons (Fsp3) is 0.286. The van der Waals surface area contributed by atoms with Crippen LogP contribution in [0.5, 0.6) is 0 Å². The Balaban J connectivity index is 1.69. The number of hydrogen-bond acceptors (Lipinski definition) is 2. The van der Waals surface area contributed by atoms with Crippen molar-refractivity contribution in [1.82, 2.24) is 9.88 Å². The molecule has 0 aliphatic heterocycles. The van der Waals surface area contributed by atoms with Crippen LogP contribution in [0, 0.1) is 0 Å². The number of pyridine rings is 1. The second-order valence-corrected chi connectivity index (χ2v) is 8.21. The molecule has 0 amide bonds. The van der Waals surface area contributed by atoms with Crippen LogP contribution in [0.4, 0.5) is 0 Å². The summed E-state index contributed by atoms with van der Waals surface area (Å²) in [5.41, 5.74) is 2.22. The third kappa shape index (κ3) is 3.22. The van der Waals surface area contributed by atoms with Crippen LogP contribution < -0.4 is 10.7 Å². The summed E-state index contributed by atoms with van der Waals surface area (Å²) >= 11 is 9.67. The highest BCUT2D eigenvalue weighted by atomic mass is 79.9. The molecule has 1 saturated carbocycles. The number of nitrogens with zero attached hydrogens (tertiary/aromatic N) is 1. The summed E-state index contributed by atoms with van der Waals surface area (Å²) in [6, 6.07) is 15.6. The van der Waals surface area contributed by atoms with Gasteiger partial charge in [0, 0.05) is 32.7 Å². The maximum absolute atomic E-state index is 12.2. The van der Waals surface area contributed by atoms with E-state index in [4.69, 9.17) is 11.6 Å². The van der Waals surface area contributed by atoms with E-state index in [1.165, 1.54) is 18.4 Å². The minimum atomic E-state index is -0.0404. The Morgan fingerprint density at radius 1 is 1.08 bits per heavy atom. The van der Waals surface area contributed by atoms with E-state index in [9.17, 15) is 4.79 Å². The minimum absolute atomic E-state index is 0.0404. The maximum Gasteiger partial charge on any atom is 0.189 e. The van der Waals surface area contributed by atoms with Gasteiger partial charge in [0.15, 0.2) is 5.43 Å². The molecular formula is C21H20BrClN2O. The van der Waals surface area contributed by atoms with Crippen molar-refractivity contribution in [2.75, 3.05) is 0 Å². The maximum atomic E-state index is 12.2. The molecule has 0 bridgehead atoms. The van der Waals surface area contributed by atoms with Crippen LogP contribution in [0.2, 0.25) is 5.02 Å². The molecule has 0 radical (unpaired) electrons. The molecule has 0 unspecified atom stereocenters. The summed E-state index contributed by atoms with van der Waals surface area (Å²) in [7, 11) is 0. The molecular weight excluding hydrogens is 412 g/mol. The van der Waals surface area contributed by atoms with E-state index in [2.05, 4.69) is 37.9 Å². The van der Waals surface area contributed by atoms with Crippen LogP contribution in [-0.4, -0.2) is 4.57 Å². The first kappa shape index (κ1) is 17.8. The second kappa shape index (κ2) is 7.18. The van der Waals surface area contributed by atoms with Gasteiger partial charge in [-0.15, -0.1) is 0 Å². The van der Waals surface area contributed by atoms with Crippen molar-refractivity contribution >= 4 is 38.4 Å². The van der Waals surface area contributed by atoms with Crippen molar-refractivity contribution in [3.63, 3.8) is 0 Å². The number of fused-ring (bicyclic) bond motifs is 1. The van der Waals surface area contributed by atoms with Crippen LogP contribution in [0.15, 0.2) is 64.0 Å². The molecule has 2 aromatic carbocycles. The number of rotatable bonds is 4. The molecule has 0 saturated heterocycles. The smallest absolute Gasteiger partial charge is 0.189 e. The zero-order valence-electron chi connectivity index (χ0n) is 14.3. The monoisotopic (exact) mass is 430 g/mol. The SMILES string of the molecule is O=c1ccn(CNC2(c3ccc(Cl)cc3)CCCC2)c2c(Br)cccc12. The largest absolute Gasteiger partial charge is 0.333 e. The minimum Gasteiger partial charge on any atom is -0.333 e. The molecule has 1 aliphatic carbocycles. The van der Waals surface area contributed by atoms with E-state index < -0.39 is 0 Å². The predicted octanol–water partition coefficient (Wildman–Crippen LogP) is 5.43. The lowest BCUT2D eigenvalue weighted by Gasteiger charge is -2.32. The normalized spacial score (nSPS) is 16.2. The average molecular weight is 432 g/mol. The van der Waals surface area contributed by atoms with E-state index >= 15 is 0 Å². The first-order chi connectivity index (χ1) is 12.6. The van der Waals surface area contributed by atoms with E-state index in [1.807, 2.05) is 36.5 Å². The zero-order valence-corrected chi connectivity index (χ0v) is 16.7. The highest BCUT2D eigenvalue weighted by molar-refractivity contribution is 9.10. The quantitative estimate of drug-likeness (QED) is 0.597. The van der Waals surface area contributed by atoms with Gasteiger partial charge in [0.2, 0.25) is 0 Å². The van der Waals surface area contributed by atoms with Gasteiger partial charge in [-0.25, -0.2) is 0 Å². The molecule has 1 N–H and O–H groups in total. The summed E-state index contributed by atoms with van der Waals surface area (Å²) in [5, 5.41) is 5.28. The standard InChI is InChI=1S/C21H20BrClN2O/c22-18-5-3-4-17-19(26)10-13-25(20(17)18)14-24-21(11-1-2-12-21)15-6-8-16(23)9-7-15/h3-10,13,24H,1-2,11-12,14H2. The van der Waals surface area contributed by atoms with Crippen LogP contribution >= 0.6 is 27.5 Å². The zero-order chi connectivity index (χ0) is 18.1. The first-order valence-electron chi connectivity index (χ1n) is 8.88. The molecule has 0 atom stereocenters. The number of benzene rings is 2. The van der Waals surface area contributed by atoms with Gasteiger partial charge in [-0.3, -0.25) is 10.1 Å². The molecule has 134 valence electrons. The Morgan fingerprint density at radius 3 is 2.54 bits per heavy atom. The second-order valence-electron chi connectivity index (χ2n) is 6.92.